The number of ether oxygens (including phenoxy) is 1. The van der Waals surface area contributed by atoms with Gasteiger partial charge in [0.1, 0.15) is 0 Å². The lowest BCUT2D eigenvalue weighted by molar-refractivity contribution is -0.384. The van der Waals surface area contributed by atoms with Crippen molar-refractivity contribution in [2.75, 3.05) is 19.0 Å². The Morgan fingerprint density at radius 3 is 2.86 bits per heavy atom. The van der Waals surface area contributed by atoms with Gasteiger partial charge in [0.2, 0.25) is 5.82 Å². The van der Waals surface area contributed by atoms with Gasteiger partial charge in [-0.3, -0.25) is 10.1 Å². The molecule has 1 fully saturated rings. The number of pyridine rings is 1. The van der Waals surface area contributed by atoms with Crippen LogP contribution in [0.2, 0.25) is 0 Å². The van der Waals surface area contributed by atoms with Crippen molar-refractivity contribution in [1.29, 1.82) is 0 Å². The third-order valence-corrected chi connectivity index (χ3v) is 3.83. The molecule has 7 nitrogen and oxygen atoms in total. The largest absolute Gasteiger partial charge is 0.464 e. The van der Waals surface area contributed by atoms with Crippen molar-refractivity contribution in [2.24, 2.45) is 11.8 Å². The molecule has 0 spiro atoms. The zero-order valence-electron chi connectivity index (χ0n) is 12.2. The number of carbonyl (C=O) groups excluding carboxylic acids is 1. The van der Waals surface area contributed by atoms with Crippen LogP contribution < -0.4 is 5.32 Å². The van der Waals surface area contributed by atoms with E-state index in [0.29, 0.717) is 18.4 Å². The van der Waals surface area contributed by atoms with Gasteiger partial charge >= 0.3 is 11.7 Å². The molecular formula is C14H19N3O4. The lowest BCUT2D eigenvalue weighted by Crippen LogP contribution is -2.15. The maximum absolute atomic E-state index is 11.5. The Morgan fingerprint density at radius 1 is 1.52 bits per heavy atom. The van der Waals surface area contributed by atoms with Gasteiger partial charge in [0.05, 0.1) is 12.0 Å². The van der Waals surface area contributed by atoms with Crippen molar-refractivity contribution in [3.8, 4) is 0 Å². The van der Waals surface area contributed by atoms with Crippen molar-refractivity contribution >= 4 is 17.5 Å². The third kappa shape index (κ3) is 3.68. The van der Waals surface area contributed by atoms with Crippen molar-refractivity contribution in [3.05, 3.63) is 27.9 Å². The minimum absolute atomic E-state index is 0.0605. The second-order valence-corrected chi connectivity index (χ2v) is 5.48. The number of esters is 1. The summed E-state index contributed by atoms with van der Waals surface area (Å²) in [6.45, 7) is 2.83. The standard InChI is InChI=1S/C14H19N3O4/c1-9-3-4-10(7-9)8-15-13-12(17(19)20)6-5-11(16-13)14(18)21-2/h5-6,9-10H,3-4,7-8H2,1-2H3,(H,15,16). The van der Waals surface area contributed by atoms with E-state index < -0.39 is 10.9 Å². The smallest absolute Gasteiger partial charge is 0.356 e. The van der Waals surface area contributed by atoms with E-state index >= 15 is 0 Å². The molecule has 0 aromatic carbocycles. The molecule has 1 aromatic rings. The highest BCUT2D eigenvalue weighted by Crippen LogP contribution is 2.31. The summed E-state index contributed by atoms with van der Waals surface area (Å²) in [5.74, 6) is 0.703. The molecule has 1 aliphatic carbocycles. The Labute approximate surface area is 122 Å². The Kier molecular flexibility index (Phi) is 4.72. The topological polar surface area (TPSA) is 94.4 Å². The first-order valence-corrected chi connectivity index (χ1v) is 6.99. The molecule has 2 atom stereocenters. The van der Waals surface area contributed by atoms with Gasteiger partial charge in [-0.05, 0) is 30.7 Å². The predicted molar refractivity (Wildman–Crippen MR) is 77.2 cm³/mol. The van der Waals surface area contributed by atoms with Crippen LogP contribution in [0.4, 0.5) is 11.5 Å². The quantitative estimate of drug-likeness (QED) is 0.509. The molecule has 114 valence electrons. The van der Waals surface area contributed by atoms with Crippen LogP contribution >= 0.6 is 0 Å². The highest BCUT2D eigenvalue weighted by Gasteiger charge is 2.23. The Bertz CT molecular complexity index is 547. The molecule has 1 N–H and O–H groups in total. The second kappa shape index (κ2) is 6.51. The molecule has 2 unspecified atom stereocenters. The number of anilines is 1. The molecule has 0 bridgehead atoms. The van der Waals surface area contributed by atoms with Crippen LogP contribution in [0.5, 0.6) is 0 Å². The normalized spacial score (nSPS) is 21.0. The zero-order valence-corrected chi connectivity index (χ0v) is 12.2. The van der Waals surface area contributed by atoms with Crippen molar-refractivity contribution in [2.45, 2.75) is 26.2 Å². The fraction of sp³-hybridized carbons (Fsp3) is 0.571. The van der Waals surface area contributed by atoms with E-state index in [1.165, 1.54) is 25.7 Å². The van der Waals surface area contributed by atoms with Crippen LogP contribution in [0, 0.1) is 22.0 Å². The van der Waals surface area contributed by atoms with Gasteiger partial charge in [-0.25, -0.2) is 9.78 Å². The molecule has 0 saturated heterocycles. The summed E-state index contributed by atoms with van der Waals surface area (Å²) in [7, 11) is 1.25. The Morgan fingerprint density at radius 2 is 2.29 bits per heavy atom. The summed E-state index contributed by atoms with van der Waals surface area (Å²) < 4.78 is 4.58. The van der Waals surface area contributed by atoms with Gasteiger partial charge in [-0.15, -0.1) is 0 Å². The number of rotatable bonds is 5. The summed E-state index contributed by atoms with van der Waals surface area (Å²) in [5.41, 5.74) is -0.0703. The summed E-state index contributed by atoms with van der Waals surface area (Å²) in [5, 5.41) is 14.0. The molecule has 7 heteroatoms. The number of nitro groups is 1. The number of methoxy groups -OCH3 is 1. The molecule has 0 aliphatic heterocycles. The molecule has 0 radical (unpaired) electrons. The van der Waals surface area contributed by atoms with E-state index in [2.05, 4.69) is 22.0 Å². The van der Waals surface area contributed by atoms with E-state index in [1.807, 2.05) is 0 Å². The average Bonchev–Trinajstić information content (AvgIpc) is 2.89. The number of aromatic nitrogens is 1. The molecule has 1 aromatic heterocycles. The summed E-state index contributed by atoms with van der Waals surface area (Å²) in [6, 6.07) is 2.58. The van der Waals surface area contributed by atoms with Crippen LogP contribution in [0.25, 0.3) is 0 Å². The lowest BCUT2D eigenvalue weighted by atomic mass is 10.1. The number of nitrogens with zero attached hydrogens (tertiary/aromatic N) is 2. The summed E-state index contributed by atoms with van der Waals surface area (Å²) in [4.78, 5) is 26.0. The highest BCUT2D eigenvalue weighted by molar-refractivity contribution is 5.88. The molecule has 0 amide bonds. The maximum Gasteiger partial charge on any atom is 0.356 e. The molecular weight excluding hydrogens is 274 g/mol. The first-order chi connectivity index (χ1) is 10.0. The van der Waals surface area contributed by atoms with Crippen LogP contribution in [0.1, 0.15) is 36.7 Å². The van der Waals surface area contributed by atoms with Gasteiger partial charge in [0.15, 0.2) is 5.69 Å². The molecule has 1 heterocycles. The first kappa shape index (κ1) is 15.2. The number of hydrogen-bond acceptors (Lipinski definition) is 6. The summed E-state index contributed by atoms with van der Waals surface area (Å²) in [6.07, 6.45) is 3.40. The van der Waals surface area contributed by atoms with E-state index in [4.69, 9.17) is 0 Å². The van der Waals surface area contributed by atoms with Crippen LogP contribution in [-0.4, -0.2) is 29.5 Å². The second-order valence-electron chi connectivity index (χ2n) is 5.48. The SMILES string of the molecule is COC(=O)c1ccc([N+](=O)[O-])c(NCC2CCC(C)C2)n1. The fourth-order valence-corrected chi connectivity index (χ4v) is 2.70. The fourth-order valence-electron chi connectivity index (χ4n) is 2.70. The van der Waals surface area contributed by atoms with Crippen LogP contribution in [-0.2, 0) is 4.74 Å². The average molecular weight is 293 g/mol. The van der Waals surface area contributed by atoms with Crippen LogP contribution in [0.3, 0.4) is 0 Å². The van der Waals surface area contributed by atoms with Crippen LogP contribution in [0.15, 0.2) is 12.1 Å². The molecule has 2 rings (SSSR count). The Balaban J connectivity index is 2.14. The van der Waals surface area contributed by atoms with Gasteiger partial charge in [0.25, 0.3) is 0 Å². The minimum Gasteiger partial charge on any atom is -0.464 e. The van der Waals surface area contributed by atoms with Gasteiger partial charge in [-0.2, -0.15) is 0 Å². The van der Waals surface area contributed by atoms with Crippen molar-refractivity contribution < 1.29 is 14.5 Å². The third-order valence-electron chi connectivity index (χ3n) is 3.83. The number of carbonyl (C=O) groups is 1. The van der Waals surface area contributed by atoms with E-state index in [-0.39, 0.29) is 17.2 Å². The van der Waals surface area contributed by atoms with E-state index in [9.17, 15) is 14.9 Å². The maximum atomic E-state index is 11.5. The molecule has 21 heavy (non-hydrogen) atoms. The monoisotopic (exact) mass is 293 g/mol. The number of nitrogens with one attached hydrogen (secondary N) is 1. The number of hydrogen-bond donors (Lipinski definition) is 1. The molecule has 1 saturated carbocycles. The predicted octanol–water partition coefficient (Wildman–Crippen LogP) is 2.62. The Hall–Kier alpha value is -2.18. The van der Waals surface area contributed by atoms with E-state index in [1.54, 1.807) is 0 Å². The van der Waals surface area contributed by atoms with Gasteiger partial charge < -0.3 is 10.1 Å². The highest BCUT2D eigenvalue weighted by atomic mass is 16.6. The zero-order chi connectivity index (χ0) is 15.4. The van der Waals surface area contributed by atoms with Gasteiger partial charge in [0, 0.05) is 12.6 Å². The minimum atomic E-state index is -0.609. The lowest BCUT2D eigenvalue weighted by Gasteiger charge is -2.12. The van der Waals surface area contributed by atoms with Crippen molar-refractivity contribution in [3.63, 3.8) is 0 Å². The van der Waals surface area contributed by atoms with Gasteiger partial charge in [-0.1, -0.05) is 13.3 Å². The first-order valence-electron chi connectivity index (χ1n) is 6.99. The van der Waals surface area contributed by atoms with E-state index in [0.717, 1.165) is 12.8 Å². The van der Waals surface area contributed by atoms with Crippen molar-refractivity contribution in [1.82, 2.24) is 4.98 Å². The molecule has 1 aliphatic rings. The summed E-state index contributed by atoms with van der Waals surface area (Å²) >= 11 is 0.